The molecule has 0 spiro atoms. The van der Waals surface area contributed by atoms with E-state index >= 15 is 0 Å². The number of para-hydroxylation sites is 2. The average molecular weight is 746 g/mol. The van der Waals surface area contributed by atoms with Crippen LogP contribution in [-0.2, 0) is 12.8 Å². The molecular formula is C55H43N3. The number of hydrogen-bond donors (Lipinski definition) is 0. The van der Waals surface area contributed by atoms with Gasteiger partial charge in [0.05, 0.1) is 27.6 Å². The molecule has 0 aliphatic heterocycles. The molecule has 9 aromatic rings. The molecule has 0 bridgehead atoms. The summed E-state index contributed by atoms with van der Waals surface area (Å²) in [5.74, 6) is 1.66. The van der Waals surface area contributed by atoms with E-state index in [2.05, 4.69) is 211 Å². The number of aliphatic imine (C=N–C) groups is 1. The Kier molecular flexibility index (Phi) is 8.22. The molecule has 58 heavy (non-hydrogen) atoms. The van der Waals surface area contributed by atoms with E-state index in [4.69, 9.17) is 4.99 Å². The predicted molar refractivity (Wildman–Crippen MR) is 246 cm³/mol. The zero-order valence-corrected chi connectivity index (χ0v) is 32.8. The van der Waals surface area contributed by atoms with Gasteiger partial charge in [0.2, 0.25) is 0 Å². The second kappa shape index (κ2) is 13.9. The molecule has 0 radical (unpaired) electrons. The predicted octanol–water partition coefficient (Wildman–Crippen LogP) is 12.3. The number of aromatic nitrogens is 2. The van der Waals surface area contributed by atoms with Crippen LogP contribution in [0.5, 0.6) is 0 Å². The van der Waals surface area contributed by atoms with Crippen molar-refractivity contribution in [3.8, 4) is 16.8 Å². The van der Waals surface area contributed by atoms with Gasteiger partial charge in [-0.1, -0.05) is 166 Å². The Morgan fingerprint density at radius 3 is 2.24 bits per heavy atom. The second-order valence-corrected chi connectivity index (χ2v) is 15.8. The van der Waals surface area contributed by atoms with Crippen LogP contribution in [0, 0.1) is 11.8 Å². The molecule has 0 saturated heterocycles. The van der Waals surface area contributed by atoms with Crippen molar-refractivity contribution in [3.05, 3.63) is 204 Å². The summed E-state index contributed by atoms with van der Waals surface area (Å²) < 4.78 is 4.95. The highest BCUT2D eigenvalue weighted by Gasteiger charge is 2.27. The van der Waals surface area contributed by atoms with Gasteiger partial charge in [-0.05, 0) is 87.3 Å². The minimum Gasteiger partial charge on any atom is -0.309 e. The van der Waals surface area contributed by atoms with E-state index in [0.717, 1.165) is 23.6 Å². The van der Waals surface area contributed by atoms with Crippen molar-refractivity contribution in [1.82, 2.24) is 9.13 Å². The number of hydrogen-bond acceptors (Lipinski definition) is 1. The third-order valence-electron chi connectivity index (χ3n) is 12.5. The first-order valence-electron chi connectivity index (χ1n) is 20.6. The van der Waals surface area contributed by atoms with Gasteiger partial charge in [-0.2, -0.15) is 0 Å². The SMILES string of the molecule is CCc1ccccc1/N=C(\Cc1ccc(-c2ccccc2)cc1)n1c2c(c3cc(-n4c5ccccc5c5c6ccccc6ccc54)ccc31)=C1C=CC=CC1C(C)C=2. The van der Waals surface area contributed by atoms with Gasteiger partial charge in [0.25, 0.3) is 0 Å². The van der Waals surface area contributed by atoms with Crippen LogP contribution >= 0.6 is 0 Å². The van der Waals surface area contributed by atoms with Crippen LogP contribution in [-0.4, -0.2) is 15.0 Å². The van der Waals surface area contributed by atoms with Crippen molar-refractivity contribution in [2.24, 2.45) is 16.8 Å². The topological polar surface area (TPSA) is 22.2 Å². The maximum Gasteiger partial charge on any atom is 0.118 e. The minimum atomic E-state index is 0.312. The number of nitrogens with zero attached hydrogens (tertiary/aromatic N) is 3. The highest BCUT2D eigenvalue weighted by molar-refractivity contribution is 6.21. The van der Waals surface area contributed by atoms with Crippen LogP contribution in [0.1, 0.15) is 25.0 Å². The first kappa shape index (κ1) is 34.3. The van der Waals surface area contributed by atoms with Gasteiger partial charge in [0.1, 0.15) is 5.84 Å². The zero-order chi connectivity index (χ0) is 38.7. The Bertz CT molecular complexity index is 3300. The highest BCUT2D eigenvalue weighted by Crippen LogP contribution is 2.38. The van der Waals surface area contributed by atoms with Gasteiger partial charge in [-0.25, -0.2) is 4.99 Å². The molecule has 0 fully saturated rings. The third-order valence-corrected chi connectivity index (χ3v) is 12.5. The summed E-state index contributed by atoms with van der Waals surface area (Å²) in [6, 6.07) is 57.6. The van der Waals surface area contributed by atoms with Gasteiger partial charge < -0.3 is 4.57 Å². The Labute approximate surface area is 338 Å². The first-order chi connectivity index (χ1) is 28.6. The van der Waals surface area contributed by atoms with Gasteiger partial charge >= 0.3 is 0 Å². The number of aryl methyl sites for hydroxylation is 1. The van der Waals surface area contributed by atoms with E-state index < -0.39 is 0 Å². The Morgan fingerprint density at radius 1 is 0.638 bits per heavy atom. The van der Waals surface area contributed by atoms with Gasteiger partial charge in [0, 0.05) is 39.4 Å². The lowest BCUT2D eigenvalue weighted by Gasteiger charge is -2.25. The molecule has 2 heterocycles. The van der Waals surface area contributed by atoms with Gasteiger partial charge in [-0.15, -0.1) is 0 Å². The summed E-state index contributed by atoms with van der Waals surface area (Å²) in [7, 11) is 0. The molecule has 3 nitrogen and oxygen atoms in total. The molecule has 0 N–H and O–H groups in total. The smallest absolute Gasteiger partial charge is 0.118 e. The van der Waals surface area contributed by atoms with Crippen molar-refractivity contribution in [3.63, 3.8) is 0 Å². The van der Waals surface area contributed by atoms with E-state index in [9.17, 15) is 0 Å². The van der Waals surface area contributed by atoms with Crippen LogP contribution in [0.3, 0.4) is 0 Å². The Morgan fingerprint density at radius 2 is 1.38 bits per heavy atom. The number of fused-ring (bicyclic) bond motifs is 9. The second-order valence-electron chi connectivity index (χ2n) is 15.8. The highest BCUT2D eigenvalue weighted by atomic mass is 15.1. The van der Waals surface area contributed by atoms with Crippen molar-refractivity contribution in [2.45, 2.75) is 26.7 Å². The van der Waals surface area contributed by atoms with Crippen molar-refractivity contribution in [2.75, 3.05) is 0 Å². The van der Waals surface area contributed by atoms with E-state index in [1.54, 1.807) is 0 Å². The molecule has 2 unspecified atom stereocenters. The summed E-state index contributed by atoms with van der Waals surface area (Å²) in [6.45, 7) is 4.58. The van der Waals surface area contributed by atoms with Crippen molar-refractivity contribution < 1.29 is 0 Å². The molecule has 278 valence electrons. The van der Waals surface area contributed by atoms with Crippen LogP contribution in [0.4, 0.5) is 5.69 Å². The summed E-state index contributed by atoms with van der Waals surface area (Å²) in [5.41, 5.74) is 12.1. The molecule has 2 atom stereocenters. The molecule has 2 aromatic heterocycles. The molecule has 2 aliphatic carbocycles. The van der Waals surface area contributed by atoms with Crippen LogP contribution in [0.15, 0.2) is 187 Å². The minimum absolute atomic E-state index is 0.312. The van der Waals surface area contributed by atoms with E-state index in [0.29, 0.717) is 18.3 Å². The number of benzene rings is 7. The van der Waals surface area contributed by atoms with Gasteiger partial charge in [0.15, 0.2) is 0 Å². The molecular weight excluding hydrogens is 703 g/mol. The van der Waals surface area contributed by atoms with E-state index in [-0.39, 0.29) is 0 Å². The fraction of sp³-hybridized carbons (Fsp3) is 0.109. The molecule has 0 amide bonds. The summed E-state index contributed by atoms with van der Waals surface area (Å²) >= 11 is 0. The third kappa shape index (κ3) is 5.53. The summed E-state index contributed by atoms with van der Waals surface area (Å²) in [4.78, 5) is 5.63. The van der Waals surface area contributed by atoms with E-state index in [1.165, 1.54) is 81.9 Å². The lowest BCUT2D eigenvalue weighted by molar-refractivity contribution is 0.647. The Hall–Kier alpha value is -6.97. The van der Waals surface area contributed by atoms with Crippen LogP contribution in [0.25, 0.3) is 71.9 Å². The molecule has 2 aliphatic rings. The quantitative estimate of drug-likeness (QED) is 0.119. The standard InChI is InChI=1S/C55H43N3/c1-3-38-15-8-13-23-48(38)56-53(34-37-25-27-40(28-26-37)39-16-5-4-6-17-39)58-50-32-30-42(35-47(50)55-45-21-11-10-19-43(45)36(2)33-52(55)58)57-49-24-14-12-22-46(49)54-44-20-9-7-18-41(44)29-31-51(54)57/h4-33,35-36,43H,3,34H2,1-2H3/b56-53+. The molecule has 3 heteroatoms. The van der Waals surface area contributed by atoms with Crippen molar-refractivity contribution in [1.29, 1.82) is 0 Å². The molecule has 7 aromatic carbocycles. The first-order valence-corrected chi connectivity index (χ1v) is 20.6. The maximum atomic E-state index is 5.63. The monoisotopic (exact) mass is 745 g/mol. The normalized spacial score (nSPS) is 16.3. The summed E-state index contributed by atoms with van der Waals surface area (Å²) in [5, 5.41) is 8.90. The fourth-order valence-corrected chi connectivity index (χ4v) is 9.67. The maximum absolute atomic E-state index is 5.63. The van der Waals surface area contributed by atoms with Crippen LogP contribution in [0.2, 0.25) is 0 Å². The lowest BCUT2D eigenvalue weighted by atomic mass is 9.80. The lowest BCUT2D eigenvalue weighted by Crippen LogP contribution is -2.40. The molecule has 0 saturated carbocycles. The van der Waals surface area contributed by atoms with E-state index in [1.807, 2.05) is 0 Å². The number of allylic oxidation sites excluding steroid dienone is 4. The largest absolute Gasteiger partial charge is 0.309 e. The van der Waals surface area contributed by atoms with Crippen LogP contribution < -0.4 is 10.6 Å². The van der Waals surface area contributed by atoms with Crippen molar-refractivity contribution >= 4 is 66.7 Å². The summed E-state index contributed by atoms with van der Waals surface area (Å²) in [6.07, 6.45) is 13.2. The number of rotatable bonds is 6. The fourth-order valence-electron chi connectivity index (χ4n) is 9.67. The van der Waals surface area contributed by atoms with Gasteiger partial charge in [-0.3, -0.25) is 4.57 Å². The zero-order valence-electron chi connectivity index (χ0n) is 32.8. The average Bonchev–Trinajstić information content (AvgIpc) is 3.79. The molecule has 11 rings (SSSR count). The Balaban J connectivity index is 1.18.